The van der Waals surface area contributed by atoms with Crippen LogP contribution >= 0.6 is 0 Å². The molecule has 0 radical (unpaired) electrons. The zero-order valence-corrected chi connectivity index (χ0v) is 14.5. The highest BCUT2D eigenvalue weighted by atomic mass is 16.2. The number of carbonyl (C=O) groups is 2. The molecule has 3 fully saturated rings. The molecule has 2 amide bonds. The van der Waals surface area contributed by atoms with Crippen molar-refractivity contribution in [3.05, 3.63) is 17.5 Å². The minimum atomic E-state index is 0.0310. The molecule has 4 heterocycles. The minimum absolute atomic E-state index is 0.0310. The number of aromatic amines is 1. The number of H-pyrrole nitrogens is 1. The summed E-state index contributed by atoms with van der Waals surface area (Å²) >= 11 is 0. The highest BCUT2D eigenvalue weighted by molar-refractivity contribution is 5.92. The number of piperidine rings is 3. The third-order valence-corrected chi connectivity index (χ3v) is 5.91. The maximum absolute atomic E-state index is 12.9. The van der Waals surface area contributed by atoms with Gasteiger partial charge in [-0.05, 0) is 43.1 Å². The SMILES string of the molecule is CC(C)c1cc(C(=O)N2C[C@H]3C[C@@H](C2)[C@H]2CCCC(=O)N2C3)n[nH]1. The van der Waals surface area contributed by atoms with Gasteiger partial charge in [-0.15, -0.1) is 0 Å². The monoisotopic (exact) mass is 330 g/mol. The molecule has 3 aliphatic rings. The Bertz CT molecular complexity index is 653. The van der Waals surface area contributed by atoms with Crippen LogP contribution in [0.15, 0.2) is 6.07 Å². The first-order chi connectivity index (χ1) is 11.5. The second kappa shape index (κ2) is 5.90. The van der Waals surface area contributed by atoms with Gasteiger partial charge in [0.05, 0.1) is 0 Å². The van der Waals surface area contributed by atoms with E-state index in [-0.39, 0.29) is 5.91 Å². The normalized spacial score (nSPS) is 29.8. The van der Waals surface area contributed by atoms with E-state index >= 15 is 0 Å². The molecule has 1 aromatic heterocycles. The van der Waals surface area contributed by atoms with Gasteiger partial charge in [0.2, 0.25) is 5.91 Å². The molecule has 1 aromatic rings. The molecule has 3 saturated heterocycles. The van der Waals surface area contributed by atoms with Crippen molar-refractivity contribution in [2.45, 2.75) is 51.5 Å². The summed E-state index contributed by atoms with van der Waals surface area (Å²) < 4.78 is 0. The highest BCUT2D eigenvalue weighted by Gasteiger charge is 2.45. The van der Waals surface area contributed by atoms with E-state index in [0.717, 1.165) is 44.6 Å². The zero-order chi connectivity index (χ0) is 16.8. The Morgan fingerprint density at radius 1 is 1.33 bits per heavy atom. The summed E-state index contributed by atoms with van der Waals surface area (Å²) in [4.78, 5) is 29.1. The number of rotatable bonds is 2. The molecule has 0 saturated carbocycles. The van der Waals surface area contributed by atoms with Crippen LogP contribution in [0.1, 0.15) is 61.6 Å². The first-order valence-electron chi connectivity index (χ1n) is 9.17. The van der Waals surface area contributed by atoms with Crippen LogP contribution in [0.25, 0.3) is 0 Å². The number of likely N-dealkylation sites (tertiary alicyclic amines) is 1. The van der Waals surface area contributed by atoms with Crippen molar-refractivity contribution in [3.63, 3.8) is 0 Å². The van der Waals surface area contributed by atoms with Crippen molar-refractivity contribution in [3.8, 4) is 0 Å². The number of carbonyl (C=O) groups excluding carboxylic acids is 2. The number of hydrogen-bond acceptors (Lipinski definition) is 3. The van der Waals surface area contributed by atoms with Crippen molar-refractivity contribution in [1.82, 2.24) is 20.0 Å². The molecule has 6 heteroatoms. The van der Waals surface area contributed by atoms with Gasteiger partial charge in [-0.2, -0.15) is 5.10 Å². The first-order valence-corrected chi connectivity index (χ1v) is 9.17. The molecule has 3 atom stereocenters. The van der Waals surface area contributed by atoms with Gasteiger partial charge < -0.3 is 9.80 Å². The standard InChI is InChI=1S/C18H26N4O2/c1-11(2)14-7-15(20-19-14)18(24)21-8-12-6-13(10-21)16-4-3-5-17(23)22(16)9-12/h7,11-13,16H,3-6,8-10H2,1-2H3,(H,19,20)/t12-,13+,16-/m1/s1. The Morgan fingerprint density at radius 2 is 2.17 bits per heavy atom. The van der Waals surface area contributed by atoms with Crippen LogP contribution in [0.5, 0.6) is 0 Å². The fourth-order valence-corrected chi connectivity index (χ4v) is 4.68. The van der Waals surface area contributed by atoms with Crippen molar-refractivity contribution in [1.29, 1.82) is 0 Å². The van der Waals surface area contributed by atoms with E-state index in [9.17, 15) is 9.59 Å². The molecular weight excluding hydrogens is 304 g/mol. The summed E-state index contributed by atoms with van der Waals surface area (Å²) in [5.74, 6) is 1.52. The molecule has 6 nitrogen and oxygen atoms in total. The second-order valence-electron chi connectivity index (χ2n) is 7.94. The van der Waals surface area contributed by atoms with Crippen LogP contribution in [0, 0.1) is 11.8 Å². The molecular formula is C18H26N4O2. The van der Waals surface area contributed by atoms with E-state index in [1.54, 1.807) is 0 Å². The van der Waals surface area contributed by atoms with E-state index in [2.05, 4.69) is 28.9 Å². The van der Waals surface area contributed by atoms with Crippen LogP contribution in [-0.4, -0.2) is 57.5 Å². The van der Waals surface area contributed by atoms with Gasteiger partial charge in [0.25, 0.3) is 5.91 Å². The van der Waals surface area contributed by atoms with E-state index in [1.807, 2.05) is 11.0 Å². The van der Waals surface area contributed by atoms with Crippen molar-refractivity contribution < 1.29 is 9.59 Å². The van der Waals surface area contributed by atoms with Crippen LogP contribution in [0.3, 0.4) is 0 Å². The van der Waals surface area contributed by atoms with Gasteiger partial charge in [0.15, 0.2) is 0 Å². The van der Waals surface area contributed by atoms with E-state index in [1.165, 1.54) is 0 Å². The molecule has 130 valence electrons. The van der Waals surface area contributed by atoms with Gasteiger partial charge in [-0.1, -0.05) is 13.8 Å². The first kappa shape index (κ1) is 15.7. The van der Waals surface area contributed by atoms with Crippen LogP contribution < -0.4 is 0 Å². The molecule has 4 rings (SSSR count). The Morgan fingerprint density at radius 3 is 2.92 bits per heavy atom. The number of nitrogens with one attached hydrogen (secondary N) is 1. The Hall–Kier alpha value is -1.85. The summed E-state index contributed by atoms with van der Waals surface area (Å²) in [6.07, 6.45) is 3.93. The fourth-order valence-electron chi connectivity index (χ4n) is 4.68. The van der Waals surface area contributed by atoms with Crippen LogP contribution in [0.4, 0.5) is 0 Å². The van der Waals surface area contributed by atoms with Crippen molar-refractivity contribution in [2.75, 3.05) is 19.6 Å². The number of amides is 2. The maximum atomic E-state index is 12.9. The lowest BCUT2D eigenvalue weighted by molar-refractivity contribution is -0.144. The summed E-state index contributed by atoms with van der Waals surface area (Å²) in [6.45, 7) is 6.49. The lowest BCUT2D eigenvalue weighted by atomic mass is 9.76. The van der Waals surface area contributed by atoms with Crippen LogP contribution in [0.2, 0.25) is 0 Å². The predicted molar refractivity (Wildman–Crippen MR) is 89.5 cm³/mol. The topological polar surface area (TPSA) is 69.3 Å². The highest BCUT2D eigenvalue weighted by Crippen LogP contribution is 2.38. The fraction of sp³-hybridized carbons (Fsp3) is 0.722. The molecule has 24 heavy (non-hydrogen) atoms. The smallest absolute Gasteiger partial charge is 0.274 e. The summed E-state index contributed by atoms with van der Waals surface area (Å²) in [5, 5.41) is 7.20. The number of hydrogen-bond donors (Lipinski definition) is 1. The predicted octanol–water partition coefficient (Wildman–Crippen LogP) is 2.01. The molecule has 2 bridgehead atoms. The quantitative estimate of drug-likeness (QED) is 0.902. The van der Waals surface area contributed by atoms with E-state index < -0.39 is 0 Å². The third kappa shape index (κ3) is 2.62. The number of fused-ring (bicyclic) bond motifs is 4. The largest absolute Gasteiger partial charge is 0.339 e. The minimum Gasteiger partial charge on any atom is -0.339 e. The van der Waals surface area contributed by atoms with Crippen molar-refractivity contribution >= 4 is 11.8 Å². The average Bonchev–Trinajstić information content (AvgIpc) is 3.05. The van der Waals surface area contributed by atoms with Gasteiger partial charge >= 0.3 is 0 Å². The van der Waals surface area contributed by atoms with Gasteiger partial charge in [-0.3, -0.25) is 14.7 Å². The molecule has 0 spiro atoms. The maximum Gasteiger partial charge on any atom is 0.274 e. The molecule has 3 aliphatic heterocycles. The summed E-state index contributed by atoms with van der Waals surface area (Å²) in [6, 6.07) is 2.22. The Labute approximate surface area is 142 Å². The van der Waals surface area contributed by atoms with Crippen LogP contribution in [-0.2, 0) is 4.79 Å². The average molecular weight is 330 g/mol. The molecule has 1 N–H and O–H groups in total. The molecule has 0 unspecified atom stereocenters. The second-order valence-corrected chi connectivity index (χ2v) is 7.94. The summed E-state index contributed by atoms with van der Waals surface area (Å²) in [5.41, 5.74) is 1.52. The molecule has 0 aliphatic carbocycles. The molecule has 0 aromatic carbocycles. The Balaban J connectivity index is 1.50. The third-order valence-electron chi connectivity index (χ3n) is 5.91. The van der Waals surface area contributed by atoms with Gasteiger partial charge in [0, 0.05) is 37.8 Å². The Kier molecular flexibility index (Phi) is 3.85. The number of aromatic nitrogens is 2. The lowest BCUT2D eigenvalue weighted by Gasteiger charge is -2.52. The lowest BCUT2D eigenvalue weighted by Crippen LogP contribution is -2.61. The van der Waals surface area contributed by atoms with E-state index in [0.29, 0.717) is 41.8 Å². The van der Waals surface area contributed by atoms with Gasteiger partial charge in [-0.25, -0.2) is 0 Å². The van der Waals surface area contributed by atoms with Gasteiger partial charge in [0.1, 0.15) is 5.69 Å². The summed E-state index contributed by atoms with van der Waals surface area (Å²) in [7, 11) is 0. The van der Waals surface area contributed by atoms with Crippen molar-refractivity contribution in [2.24, 2.45) is 11.8 Å². The number of nitrogens with zero attached hydrogens (tertiary/aromatic N) is 3. The zero-order valence-electron chi connectivity index (χ0n) is 14.5. The van der Waals surface area contributed by atoms with E-state index in [4.69, 9.17) is 0 Å².